The monoisotopic (exact) mass is 457 g/mol. The predicted molar refractivity (Wildman–Crippen MR) is 117 cm³/mol. The van der Waals surface area contributed by atoms with Crippen molar-refractivity contribution in [3.63, 3.8) is 0 Å². The number of morpholine rings is 1. The molecule has 2 aliphatic rings. The molecule has 1 saturated heterocycles. The molecule has 0 radical (unpaired) electrons. The summed E-state index contributed by atoms with van der Waals surface area (Å²) in [5, 5.41) is 0. The van der Waals surface area contributed by atoms with Gasteiger partial charge in [-0.3, -0.25) is 4.90 Å². The van der Waals surface area contributed by atoms with Gasteiger partial charge < -0.3 is 20.1 Å². The zero-order valence-electron chi connectivity index (χ0n) is 17.7. The Bertz CT molecular complexity index is 782. The van der Waals surface area contributed by atoms with Gasteiger partial charge in [-0.1, -0.05) is 25.6 Å². The molecule has 1 aromatic heterocycles. The van der Waals surface area contributed by atoms with E-state index in [1.165, 1.54) is 4.90 Å². The van der Waals surface area contributed by atoms with Gasteiger partial charge in [0.25, 0.3) is 0 Å². The van der Waals surface area contributed by atoms with E-state index in [1.807, 2.05) is 11.8 Å². The van der Waals surface area contributed by atoms with E-state index >= 15 is 0 Å². The largest absolute Gasteiger partial charge is 0.449 e. The van der Waals surface area contributed by atoms with E-state index in [1.54, 1.807) is 6.07 Å². The van der Waals surface area contributed by atoms with Gasteiger partial charge in [0.15, 0.2) is 5.82 Å². The fraction of sp³-hybridized carbons (Fsp3) is 0.700. The Hall–Kier alpha value is -2.14. The number of aromatic nitrogens is 2. The van der Waals surface area contributed by atoms with Crippen LogP contribution in [0.2, 0.25) is 0 Å². The van der Waals surface area contributed by atoms with E-state index in [4.69, 9.17) is 27.4 Å². The number of anilines is 2. The van der Waals surface area contributed by atoms with Crippen molar-refractivity contribution in [2.45, 2.75) is 57.4 Å². The second kappa shape index (κ2) is 10.4. The van der Waals surface area contributed by atoms with Crippen LogP contribution in [0.15, 0.2) is 6.07 Å². The number of alkyl halides is 2. The van der Waals surface area contributed by atoms with Crippen LogP contribution in [0, 0.1) is 0 Å². The van der Waals surface area contributed by atoms with Gasteiger partial charge in [-0.05, 0) is 19.3 Å². The highest BCUT2D eigenvalue weighted by Gasteiger charge is 2.40. The van der Waals surface area contributed by atoms with E-state index < -0.39 is 18.1 Å². The van der Waals surface area contributed by atoms with Crippen molar-refractivity contribution < 1.29 is 23.0 Å². The van der Waals surface area contributed by atoms with Crippen LogP contribution < -0.4 is 15.5 Å². The maximum Gasteiger partial charge on any atom is 0.415 e. The van der Waals surface area contributed by atoms with Crippen molar-refractivity contribution in [2.75, 3.05) is 42.7 Å². The number of hydrogen-bond donors (Lipinski definition) is 1. The summed E-state index contributed by atoms with van der Waals surface area (Å²) in [6.07, 6.45) is 0.681. The molecular formula is C20H29F2N5O3S. The Morgan fingerprint density at radius 3 is 2.65 bits per heavy atom. The van der Waals surface area contributed by atoms with Crippen LogP contribution in [0.25, 0.3) is 0 Å². The molecule has 8 nitrogen and oxygen atoms in total. The third-order valence-corrected chi connectivity index (χ3v) is 5.66. The van der Waals surface area contributed by atoms with Crippen LogP contribution in [0.1, 0.15) is 51.3 Å². The smallest absolute Gasteiger partial charge is 0.415 e. The normalized spacial score (nSPS) is 19.1. The molecule has 0 unspecified atom stereocenters. The molecule has 1 aliphatic carbocycles. The lowest BCUT2D eigenvalue weighted by molar-refractivity contribution is -0.0381. The van der Waals surface area contributed by atoms with E-state index in [2.05, 4.69) is 9.97 Å². The Morgan fingerprint density at radius 2 is 2.03 bits per heavy atom. The van der Waals surface area contributed by atoms with Crippen molar-refractivity contribution in [1.29, 1.82) is 0 Å². The lowest BCUT2D eigenvalue weighted by atomic mass is 9.91. The van der Waals surface area contributed by atoms with Gasteiger partial charge in [0.1, 0.15) is 16.6 Å². The van der Waals surface area contributed by atoms with Crippen molar-refractivity contribution in [2.24, 2.45) is 5.73 Å². The Kier molecular flexibility index (Phi) is 7.93. The summed E-state index contributed by atoms with van der Waals surface area (Å²) in [6, 6.07) is 1.21. The maximum absolute atomic E-state index is 13.8. The standard InChI is InChI=1S/C20H29F2N5O3S/c1-2-3-10-30-19(28)27(14-4-6-20(21,22)7-5-14)16-13-15(24-18(25-16)17(23)31)26-8-11-29-12-9-26/h13-14H,2-12H2,1H3,(H2,23,31). The van der Waals surface area contributed by atoms with E-state index in [0.29, 0.717) is 38.5 Å². The third-order valence-electron chi connectivity index (χ3n) is 5.47. The minimum Gasteiger partial charge on any atom is -0.449 e. The van der Waals surface area contributed by atoms with Gasteiger partial charge in [-0.25, -0.2) is 23.5 Å². The molecule has 11 heteroatoms. The molecule has 1 aromatic rings. The van der Waals surface area contributed by atoms with Crippen LogP contribution in [0.3, 0.4) is 0 Å². The van der Waals surface area contributed by atoms with Crippen LogP contribution in [0.4, 0.5) is 25.2 Å². The lowest BCUT2D eigenvalue weighted by Crippen LogP contribution is -2.45. The van der Waals surface area contributed by atoms with Crippen molar-refractivity contribution in [3.8, 4) is 0 Å². The average Bonchev–Trinajstić information content (AvgIpc) is 2.75. The topological polar surface area (TPSA) is 93.8 Å². The molecule has 0 aromatic carbocycles. The predicted octanol–water partition coefficient (Wildman–Crippen LogP) is 3.27. The fourth-order valence-corrected chi connectivity index (χ4v) is 3.79. The minimum atomic E-state index is -2.72. The molecule has 2 N–H and O–H groups in total. The molecular weight excluding hydrogens is 428 g/mol. The first-order valence-electron chi connectivity index (χ1n) is 10.7. The number of rotatable bonds is 7. The van der Waals surface area contributed by atoms with Crippen LogP contribution in [0.5, 0.6) is 0 Å². The molecule has 1 aliphatic heterocycles. The molecule has 0 bridgehead atoms. The van der Waals surface area contributed by atoms with E-state index in [0.717, 1.165) is 6.42 Å². The number of amides is 1. The highest BCUT2D eigenvalue weighted by Crippen LogP contribution is 2.37. The molecule has 31 heavy (non-hydrogen) atoms. The number of thiocarbonyl (C=S) groups is 1. The molecule has 0 atom stereocenters. The Balaban J connectivity index is 1.95. The Labute approximate surface area is 186 Å². The lowest BCUT2D eigenvalue weighted by Gasteiger charge is -2.36. The number of unbranched alkanes of at least 4 members (excludes halogenated alkanes) is 1. The van der Waals surface area contributed by atoms with E-state index in [-0.39, 0.29) is 48.9 Å². The third kappa shape index (κ3) is 6.19. The van der Waals surface area contributed by atoms with Crippen LogP contribution in [-0.2, 0) is 9.47 Å². The maximum atomic E-state index is 13.8. The number of carbonyl (C=O) groups is 1. The number of nitrogens with zero attached hydrogens (tertiary/aromatic N) is 4. The summed E-state index contributed by atoms with van der Waals surface area (Å²) in [5.41, 5.74) is 5.80. The first kappa shape index (κ1) is 23.5. The van der Waals surface area contributed by atoms with Gasteiger partial charge in [-0.15, -0.1) is 0 Å². The highest BCUT2D eigenvalue weighted by atomic mass is 32.1. The van der Waals surface area contributed by atoms with E-state index in [9.17, 15) is 13.6 Å². The Morgan fingerprint density at radius 1 is 1.35 bits per heavy atom. The number of hydrogen-bond acceptors (Lipinski definition) is 7. The summed E-state index contributed by atoms with van der Waals surface area (Å²) in [7, 11) is 0. The number of ether oxygens (including phenoxy) is 2. The summed E-state index contributed by atoms with van der Waals surface area (Å²) >= 11 is 5.08. The zero-order valence-corrected chi connectivity index (χ0v) is 18.5. The highest BCUT2D eigenvalue weighted by molar-refractivity contribution is 7.80. The average molecular weight is 458 g/mol. The quantitative estimate of drug-likeness (QED) is 0.493. The summed E-state index contributed by atoms with van der Waals surface area (Å²) in [6.45, 7) is 4.55. The minimum absolute atomic E-state index is 0.00848. The first-order chi connectivity index (χ1) is 14.8. The number of nitrogens with two attached hydrogens (primary N) is 1. The second-order valence-electron chi connectivity index (χ2n) is 7.80. The van der Waals surface area contributed by atoms with Gasteiger partial charge in [0.05, 0.1) is 19.8 Å². The molecule has 1 saturated carbocycles. The van der Waals surface area contributed by atoms with Gasteiger partial charge in [0, 0.05) is 38.0 Å². The number of halogens is 2. The van der Waals surface area contributed by atoms with Gasteiger partial charge >= 0.3 is 6.09 Å². The molecule has 1 amide bonds. The van der Waals surface area contributed by atoms with Crippen molar-refractivity contribution in [1.82, 2.24) is 9.97 Å². The molecule has 3 rings (SSSR count). The van der Waals surface area contributed by atoms with Gasteiger partial charge in [-0.2, -0.15) is 0 Å². The SMILES string of the molecule is CCCCOC(=O)N(c1cc(N2CCOCC2)nc(C(N)=S)n1)C1CCC(F)(F)CC1. The van der Waals surface area contributed by atoms with Crippen LogP contribution in [-0.4, -0.2) is 65.9 Å². The molecule has 2 heterocycles. The van der Waals surface area contributed by atoms with Crippen molar-refractivity contribution >= 4 is 34.9 Å². The zero-order chi connectivity index (χ0) is 22.4. The number of carbonyl (C=O) groups excluding carboxylic acids is 1. The van der Waals surface area contributed by atoms with Crippen molar-refractivity contribution in [3.05, 3.63) is 11.9 Å². The molecule has 2 fully saturated rings. The molecule has 172 valence electrons. The summed E-state index contributed by atoms with van der Waals surface area (Å²) < 4.78 is 38.3. The fourth-order valence-electron chi connectivity index (χ4n) is 3.70. The van der Waals surface area contributed by atoms with Gasteiger partial charge in [0.2, 0.25) is 5.92 Å². The first-order valence-corrected chi connectivity index (χ1v) is 11.1. The summed E-state index contributed by atoms with van der Waals surface area (Å²) in [5.74, 6) is -1.77. The second-order valence-corrected chi connectivity index (χ2v) is 8.24. The van der Waals surface area contributed by atoms with Crippen LogP contribution >= 0.6 is 12.2 Å². The molecule has 0 spiro atoms. The summed E-state index contributed by atoms with van der Waals surface area (Å²) in [4.78, 5) is 25.2.